The summed E-state index contributed by atoms with van der Waals surface area (Å²) in [7, 11) is 1.26. The average Bonchev–Trinajstić information content (AvgIpc) is 2.43. The Morgan fingerprint density at radius 1 is 1.41 bits per heavy atom. The molecule has 0 saturated carbocycles. The smallest absolute Gasteiger partial charge is 0.336 e. The molecule has 1 aromatic rings. The number of terminal acetylenes is 1. The highest BCUT2D eigenvalue weighted by atomic mass is 32.2. The predicted octanol–water partition coefficient (Wildman–Crippen LogP) is 2.32. The van der Waals surface area contributed by atoms with Crippen molar-refractivity contribution in [3.05, 3.63) is 29.8 Å². The summed E-state index contributed by atoms with van der Waals surface area (Å²) in [6, 6.07) is 6.51. The van der Waals surface area contributed by atoms with Crippen LogP contribution in [0.1, 0.15) is 5.56 Å². The maximum atomic E-state index is 12.0. The maximum absolute atomic E-state index is 12.0. The topological polar surface area (TPSA) is 49.4 Å². The van der Waals surface area contributed by atoms with Crippen molar-refractivity contribution in [3.63, 3.8) is 0 Å². The Morgan fingerprint density at radius 3 is 2.68 bits per heavy atom. The third-order valence-corrected chi connectivity index (χ3v) is 3.20. The minimum atomic E-state index is -4.48. The van der Waals surface area contributed by atoms with Crippen LogP contribution in [0.15, 0.2) is 24.3 Å². The zero-order chi connectivity index (χ0) is 16.8. The Balaban J connectivity index is 2.50. The first-order valence-electron chi connectivity index (χ1n) is 6.02. The van der Waals surface area contributed by atoms with Crippen molar-refractivity contribution in [2.45, 2.75) is 5.51 Å². The molecular formula is C14H13F3N2O2S. The van der Waals surface area contributed by atoms with Crippen LogP contribution in [0.5, 0.6) is 0 Å². The summed E-state index contributed by atoms with van der Waals surface area (Å²) in [5.74, 6) is 0.333. The van der Waals surface area contributed by atoms with Crippen molar-refractivity contribution in [2.75, 3.05) is 24.7 Å². The molecule has 118 valence electrons. The van der Waals surface area contributed by atoms with Crippen LogP contribution in [-0.4, -0.2) is 41.6 Å². The zero-order valence-electron chi connectivity index (χ0n) is 11.6. The van der Waals surface area contributed by atoms with E-state index in [2.05, 4.69) is 11.2 Å². The lowest BCUT2D eigenvalue weighted by molar-refractivity contribution is -0.131. The van der Waals surface area contributed by atoms with Gasteiger partial charge in [-0.15, -0.1) is 6.42 Å². The molecule has 22 heavy (non-hydrogen) atoms. The van der Waals surface area contributed by atoms with Crippen LogP contribution in [-0.2, 0) is 9.59 Å². The van der Waals surface area contributed by atoms with E-state index in [9.17, 15) is 22.8 Å². The third-order valence-electron chi connectivity index (χ3n) is 2.48. The fourth-order valence-electron chi connectivity index (χ4n) is 1.44. The molecular weight excluding hydrogens is 317 g/mol. The van der Waals surface area contributed by atoms with Gasteiger partial charge in [-0.3, -0.25) is 9.59 Å². The molecule has 1 N–H and O–H groups in total. The van der Waals surface area contributed by atoms with E-state index < -0.39 is 34.8 Å². The Bertz CT molecular complexity index is 596. The van der Waals surface area contributed by atoms with E-state index in [1.807, 2.05) is 0 Å². The number of amides is 2. The first kappa shape index (κ1) is 17.9. The van der Waals surface area contributed by atoms with Gasteiger partial charge in [0.25, 0.3) is 0 Å². The van der Waals surface area contributed by atoms with Crippen molar-refractivity contribution >= 4 is 29.3 Å². The minimum Gasteiger partial charge on any atom is -0.336 e. The lowest BCUT2D eigenvalue weighted by Crippen LogP contribution is -2.36. The number of thioether (sulfide) groups is 1. The minimum absolute atomic E-state index is 0.350. The number of benzene rings is 1. The molecule has 0 heterocycles. The van der Waals surface area contributed by atoms with Gasteiger partial charge in [-0.2, -0.15) is 13.2 Å². The van der Waals surface area contributed by atoms with E-state index in [-0.39, 0.29) is 6.54 Å². The van der Waals surface area contributed by atoms with Crippen molar-refractivity contribution in [1.82, 2.24) is 4.90 Å². The molecule has 0 aliphatic carbocycles. The monoisotopic (exact) mass is 330 g/mol. The van der Waals surface area contributed by atoms with E-state index in [1.54, 1.807) is 24.3 Å². The molecule has 2 amide bonds. The molecule has 0 fully saturated rings. The summed E-state index contributed by atoms with van der Waals surface area (Å²) in [5.41, 5.74) is -3.45. The van der Waals surface area contributed by atoms with Crippen LogP contribution in [0.25, 0.3) is 0 Å². The summed E-state index contributed by atoms with van der Waals surface area (Å²) < 4.78 is 36.0. The summed E-state index contributed by atoms with van der Waals surface area (Å²) in [4.78, 5) is 24.1. The van der Waals surface area contributed by atoms with Crippen LogP contribution in [0.3, 0.4) is 0 Å². The molecule has 8 heteroatoms. The van der Waals surface area contributed by atoms with E-state index in [0.29, 0.717) is 11.3 Å². The number of nitrogens with zero attached hydrogens (tertiary/aromatic N) is 1. The number of alkyl halides is 3. The Hall–Kier alpha value is -2.14. The fourth-order valence-corrected chi connectivity index (χ4v) is 1.95. The third kappa shape index (κ3) is 6.54. The molecule has 4 nitrogen and oxygen atoms in total. The van der Waals surface area contributed by atoms with Gasteiger partial charge in [-0.1, -0.05) is 12.0 Å². The summed E-state index contributed by atoms with van der Waals surface area (Å²) in [5, 5.41) is 2.52. The van der Waals surface area contributed by atoms with Gasteiger partial charge in [0.15, 0.2) is 0 Å². The predicted molar refractivity (Wildman–Crippen MR) is 79.2 cm³/mol. The summed E-state index contributed by atoms with van der Waals surface area (Å²) >= 11 is -0.439. The molecule has 0 aliphatic rings. The summed E-state index contributed by atoms with van der Waals surface area (Å²) in [6.45, 7) is -0.350. The molecule has 0 aromatic heterocycles. The van der Waals surface area contributed by atoms with Crippen molar-refractivity contribution in [2.24, 2.45) is 0 Å². The lowest BCUT2D eigenvalue weighted by Gasteiger charge is -2.17. The van der Waals surface area contributed by atoms with Gasteiger partial charge in [-0.05, 0) is 30.0 Å². The number of hydrogen-bond acceptors (Lipinski definition) is 3. The number of hydrogen-bond donors (Lipinski definition) is 1. The maximum Gasteiger partial charge on any atom is 0.442 e. The fraction of sp³-hybridized carbons (Fsp3) is 0.286. The molecule has 1 aromatic carbocycles. The van der Waals surface area contributed by atoms with Gasteiger partial charge in [0, 0.05) is 18.3 Å². The number of nitrogens with one attached hydrogen (secondary N) is 1. The lowest BCUT2D eigenvalue weighted by atomic mass is 10.2. The van der Waals surface area contributed by atoms with Gasteiger partial charge >= 0.3 is 5.51 Å². The number of rotatable bonds is 5. The van der Waals surface area contributed by atoms with Crippen LogP contribution < -0.4 is 5.32 Å². The van der Waals surface area contributed by atoms with Gasteiger partial charge < -0.3 is 10.2 Å². The van der Waals surface area contributed by atoms with Crippen LogP contribution >= 0.6 is 11.8 Å². The second kappa shape index (κ2) is 7.75. The molecule has 0 radical (unpaired) electrons. The van der Waals surface area contributed by atoms with Crippen LogP contribution in [0.2, 0.25) is 0 Å². The number of likely N-dealkylation sites (N-methyl/N-ethyl adjacent to an activating group) is 1. The molecule has 0 spiro atoms. The number of anilines is 1. The molecule has 0 atom stereocenters. The van der Waals surface area contributed by atoms with Gasteiger partial charge in [0.2, 0.25) is 11.8 Å². The molecule has 0 aliphatic heterocycles. The number of carbonyl (C=O) groups excluding carboxylic acids is 2. The van der Waals surface area contributed by atoms with E-state index in [4.69, 9.17) is 6.42 Å². The van der Waals surface area contributed by atoms with Gasteiger partial charge in [0.1, 0.15) is 0 Å². The van der Waals surface area contributed by atoms with Gasteiger partial charge in [-0.25, -0.2) is 0 Å². The highest BCUT2D eigenvalue weighted by Crippen LogP contribution is 2.29. The highest BCUT2D eigenvalue weighted by molar-refractivity contribution is 8.00. The Labute approximate surface area is 130 Å². The van der Waals surface area contributed by atoms with E-state index in [1.165, 1.54) is 7.05 Å². The standard InChI is InChI=1S/C14H13F3N2O2S/c1-3-10-5-4-6-11(7-10)18-12(20)8-19(2)13(21)9-22-14(15,16)17/h1,4-7H,8-9H2,2H3,(H,18,20). The number of halogens is 3. The normalized spacial score (nSPS) is 10.7. The van der Waals surface area contributed by atoms with Gasteiger partial charge in [0.05, 0.1) is 12.3 Å². The van der Waals surface area contributed by atoms with E-state index >= 15 is 0 Å². The van der Waals surface area contributed by atoms with Crippen molar-refractivity contribution in [1.29, 1.82) is 0 Å². The first-order chi connectivity index (χ1) is 10.2. The molecule has 0 saturated heterocycles. The molecule has 0 bridgehead atoms. The van der Waals surface area contributed by atoms with E-state index in [0.717, 1.165) is 4.90 Å². The Kier molecular flexibility index (Phi) is 6.31. The average molecular weight is 330 g/mol. The number of carbonyl (C=O) groups is 2. The SMILES string of the molecule is C#Cc1cccc(NC(=O)CN(C)C(=O)CSC(F)(F)F)c1. The summed E-state index contributed by atoms with van der Waals surface area (Å²) in [6.07, 6.45) is 5.23. The molecule has 0 unspecified atom stereocenters. The van der Waals surface area contributed by atoms with Crippen LogP contribution in [0, 0.1) is 12.3 Å². The molecule has 1 rings (SSSR count). The zero-order valence-corrected chi connectivity index (χ0v) is 12.4. The Morgan fingerprint density at radius 2 is 2.09 bits per heavy atom. The van der Waals surface area contributed by atoms with Crippen LogP contribution in [0.4, 0.5) is 18.9 Å². The highest BCUT2D eigenvalue weighted by Gasteiger charge is 2.30. The second-order valence-electron chi connectivity index (χ2n) is 4.26. The quantitative estimate of drug-likeness (QED) is 0.843. The largest absolute Gasteiger partial charge is 0.442 e. The first-order valence-corrected chi connectivity index (χ1v) is 7.01. The van der Waals surface area contributed by atoms with Crippen molar-refractivity contribution in [3.8, 4) is 12.3 Å². The second-order valence-corrected chi connectivity index (χ2v) is 5.30. The van der Waals surface area contributed by atoms with Crippen molar-refractivity contribution < 1.29 is 22.8 Å².